The topological polar surface area (TPSA) is 47.6 Å². The van der Waals surface area contributed by atoms with Gasteiger partial charge < -0.3 is 0 Å². The molecule has 3 heteroatoms. The molecule has 0 aliphatic rings. The lowest BCUT2D eigenvalue weighted by molar-refractivity contribution is 1.46. The molecule has 0 unspecified atom stereocenters. The average molecular weight is 487 g/mol. The van der Waals surface area contributed by atoms with E-state index in [0.717, 1.165) is 43.4 Å². The van der Waals surface area contributed by atoms with Crippen molar-refractivity contribution in [1.82, 2.24) is 0 Å². The highest BCUT2D eigenvalue weighted by molar-refractivity contribution is 9.10. The molecule has 0 saturated heterocycles. The monoisotopic (exact) mass is 486 g/mol. The predicted octanol–water partition coefficient (Wildman–Crippen LogP) is 7.89. The molecule has 0 heterocycles. The maximum atomic E-state index is 9.07. The Hall–Kier alpha value is -4.18. The van der Waals surface area contributed by atoms with E-state index in [1.807, 2.05) is 60.7 Å². The highest BCUT2D eigenvalue weighted by Crippen LogP contribution is 2.37. The summed E-state index contributed by atoms with van der Waals surface area (Å²) in [6.07, 6.45) is 1.60. The zero-order valence-corrected chi connectivity index (χ0v) is 19.3. The van der Waals surface area contributed by atoms with Crippen molar-refractivity contribution in [3.05, 3.63) is 147 Å². The van der Waals surface area contributed by atoms with Gasteiger partial charge in [-0.25, -0.2) is 0 Å². The number of hydrogen-bond acceptors (Lipinski definition) is 2. The Balaban J connectivity index is 1.99. The van der Waals surface area contributed by atoms with Crippen LogP contribution in [0.2, 0.25) is 0 Å². The second-order valence-corrected chi connectivity index (χ2v) is 8.31. The molecule has 0 spiro atoms. The molecule has 33 heavy (non-hydrogen) atoms. The van der Waals surface area contributed by atoms with E-state index >= 15 is 0 Å². The lowest BCUT2D eigenvalue weighted by Gasteiger charge is -2.18. The van der Waals surface area contributed by atoms with Gasteiger partial charge in [-0.1, -0.05) is 113 Å². The molecule has 2 nitrogen and oxygen atoms in total. The molecule has 156 valence electrons. The zero-order valence-electron chi connectivity index (χ0n) is 17.7. The van der Waals surface area contributed by atoms with Crippen LogP contribution in [0.3, 0.4) is 0 Å². The first kappa shape index (κ1) is 22.0. The van der Waals surface area contributed by atoms with Crippen LogP contribution in [0.25, 0.3) is 17.2 Å². The van der Waals surface area contributed by atoms with Gasteiger partial charge in [-0.2, -0.15) is 10.5 Å². The van der Waals surface area contributed by atoms with Crippen LogP contribution in [0.5, 0.6) is 0 Å². The van der Waals surface area contributed by atoms with Gasteiger partial charge in [0.2, 0.25) is 0 Å². The van der Waals surface area contributed by atoms with Crippen LogP contribution in [0.4, 0.5) is 0 Å². The van der Waals surface area contributed by atoms with Crippen LogP contribution < -0.4 is 0 Å². The third kappa shape index (κ3) is 5.18. The lowest BCUT2D eigenvalue weighted by atomic mass is 9.85. The van der Waals surface area contributed by atoms with Crippen molar-refractivity contribution in [3.63, 3.8) is 0 Å². The molecule has 4 aromatic carbocycles. The maximum Gasteiger partial charge on any atom is 0.130 e. The molecular formula is C30H19BrN2. The Morgan fingerprint density at radius 2 is 0.939 bits per heavy atom. The fourth-order valence-corrected chi connectivity index (χ4v) is 4.00. The number of rotatable bonds is 5. The van der Waals surface area contributed by atoms with Crippen LogP contribution in [0, 0.1) is 22.7 Å². The van der Waals surface area contributed by atoms with Crippen molar-refractivity contribution in [1.29, 1.82) is 10.5 Å². The normalized spacial score (nSPS) is 11.0. The molecule has 4 rings (SSSR count). The number of hydrogen-bond donors (Lipinski definition) is 0. The van der Waals surface area contributed by atoms with E-state index in [1.165, 1.54) is 0 Å². The van der Waals surface area contributed by atoms with Crippen molar-refractivity contribution in [3.8, 4) is 12.1 Å². The fourth-order valence-electron chi connectivity index (χ4n) is 3.74. The lowest BCUT2D eigenvalue weighted by Crippen LogP contribution is -1.97. The second kappa shape index (κ2) is 10.4. The van der Waals surface area contributed by atoms with Crippen LogP contribution >= 0.6 is 15.9 Å². The number of benzene rings is 4. The summed E-state index contributed by atoms with van der Waals surface area (Å²) in [5.41, 5.74) is 7.54. The summed E-state index contributed by atoms with van der Waals surface area (Å²) in [6.45, 7) is 0. The van der Waals surface area contributed by atoms with Gasteiger partial charge in [-0.05, 0) is 57.2 Å². The van der Waals surface area contributed by atoms with E-state index in [9.17, 15) is 0 Å². The third-order valence-electron chi connectivity index (χ3n) is 5.26. The fraction of sp³-hybridized carbons (Fsp3) is 0. The summed E-state index contributed by atoms with van der Waals surface area (Å²) < 4.78 is 1.03. The van der Waals surface area contributed by atoms with Crippen molar-refractivity contribution in [2.24, 2.45) is 0 Å². The van der Waals surface area contributed by atoms with E-state index in [1.54, 1.807) is 6.08 Å². The van der Waals surface area contributed by atoms with Gasteiger partial charge in [0.05, 0.1) is 0 Å². The van der Waals surface area contributed by atoms with Crippen molar-refractivity contribution in [2.45, 2.75) is 0 Å². The number of halogens is 1. The number of nitriles is 2. The van der Waals surface area contributed by atoms with E-state index in [2.05, 4.69) is 76.6 Å². The summed E-state index contributed by atoms with van der Waals surface area (Å²) in [5.74, 6) is 0. The standard InChI is InChI=1S/C30H19BrN2/c31-28-17-15-27(16-18-28)30(25-9-5-2-6-10-25)29(24-7-3-1-4-8-24)26-13-11-22(12-14-26)19-23(20-32)21-33/h1-19H. The van der Waals surface area contributed by atoms with E-state index in [4.69, 9.17) is 10.5 Å². The Morgan fingerprint density at radius 3 is 1.36 bits per heavy atom. The van der Waals surface area contributed by atoms with E-state index in [0.29, 0.717) is 0 Å². The van der Waals surface area contributed by atoms with Crippen molar-refractivity contribution in [2.75, 3.05) is 0 Å². The summed E-state index contributed by atoms with van der Waals surface area (Å²) in [7, 11) is 0. The summed E-state index contributed by atoms with van der Waals surface area (Å²) in [5, 5.41) is 18.1. The van der Waals surface area contributed by atoms with Gasteiger partial charge in [-0.3, -0.25) is 0 Å². The minimum atomic E-state index is 0.0846. The first-order valence-electron chi connectivity index (χ1n) is 10.4. The molecule has 4 aromatic rings. The van der Waals surface area contributed by atoms with Gasteiger partial charge in [0, 0.05) is 4.47 Å². The molecular weight excluding hydrogens is 468 g/mol. The SMILES string of the molecule is N#CC(C#N)=Cc1ccc(C(=C(c2ccccc2)c2ccc(Br)cc2)c2ccccc2)cc1. The molecule has 0 atom stereocenters. The van der Waals surface area contributed by atoms with E-state index < -0.39 is 0 Å². The van der Waals surface area contributed by atoms with Gasteiger partial charge in [0.1, 0.15) is 17.7 Å². The third-order valence-corrected chi connectivity index (χ3v) is 5.79. The second-order valence-electron chi connectivity index (χ2n) is 7.39. The van der Waals surface area contributed by atoms with Crippen molar-refractivity contribution < 1.29 is 0 Å². The highest BCUT2D eigenvalue weighted by atomic mass is 79.9. The molecule has 0 saturated carbocycles. The Morgan fingerprint density at radius 1 is 0.545 bits per heavy atom. The molecule has 0 aliphatic carbocycles. The minimum absolute atomic E-state index is 0.0846. The van der Waals surface area contributed by atoms with E-state index in [-0.39, 0.29) is 5.57 Å². The van der Waals surface area contributed by atoms with Gasteiger partial charge in [0.25, 0.3) is 0 Å². The summed E-state index contributed by atoms with van der Waals surface area (Å²) in [4.78, 5) is 0. The number of allylic oxidation sites excluding steroid dienone is 1. The molecule has 0 amide bonds. The van der Waals surface area contributed by atoms with Gasteiger partial charge in [0.15, 0.2) is 0 Å². The van der Waals surface area contributed by atoms with Gasteiger partial charge >= 0.3 is 0 Å². The summed E-state index contributed by atoms with van der Waals surface area (Å²) >= 11 is 3.55. The van der Waals surface area contributed by atoms with Crippen molar-refractivity contribution >= 4 is 33.2 Å². The Kier molecular flexibility index (Phi) is 6.96. The number of nitrogens with zero attached hydrogens (tertiary/aromatic N) is 2. The Bertz CT molecular complexity index is 1370. The minimum Gasteiger partial charge on any atom is -0.192 e. The molecule has 0 N–H and O–H groups in total. The molecule has 0 aromatic heterocycles. The first-order valence-corrected chi connectivity index (χ1v) is 11.2. The van der Waals surface area contributed by atoms with Crippen LogP contribution in [-0.4, -0.2) is 0 Å². The average Bonchev–Trinajstić information content (AvgIpc) is 2.88. The first-order chi connectivity index (χ1) is 16.2. The van der Waals surface area contributed by atoms with Crippen LogP contribution in [0.15, 0.2) is 119 Å². The molecule has 0 radical (unpaired) electrons. The smallest absolute Gasteiger partial charge is 0.130 e. The maximum absolute atomic E-state index is 9.07. The largest absolute Gasteiger partial charge is 0.192 e. The van der Waals surface area contributed by atoms with Gasteiger partial charge in [-0.15, -0.1) is 0 Å². The highest BCUT2D eigenvalue weighted by Gasteiger charge is 2.16. The predicted molar refractivity (Wildman–Crippen MR) is 138 cm³/mol. The van der Waals surface area contributed by atoms with Crippen LogP contribution in [-0.2, 0) is 0 Å². The quantitative estimate of drug-likeness (QED) is 0.212. The zero-order chi connectivity index (χ0) is 23.0. The summed E-state index contributed by atoms with van der Waals surface area (Å²) in [6, 6.07) is 40.9. The Labute approximate surface area is 202 Å². The van der Waals surface area contributed by atoms with Crippen LogP contribution in [0.1, 0.15) is 27.8 Å². The molecule has 0 fully saturated rings. The molecule has 0 aliphatic heterocycles. The molecule has 0 bridgehead atoms.